The molecule has 0 aliphatic rings. The van der Waals surface area contributed by atoms with Crippen molar-refractivity contribution < 1.29 is 13.9 Å². The van der Waals surface area contributed by atoms with Crippen molar-refractivity contribution in [2.45, 2.75) is 0 Å². The first kappa shape index (κ1) is 11.2. The molecule has 0 saturated heterocycles. The summed E-state index contributed by atoms with van der Waals surface area (Å²) < 4.78 is 18.4. The third-order valence-electron chi connectivity index (χ3n) is 2.23. The molecule has 2 heterocycles. The standard InChI is InChI=1S/C12H9FN2O2/c1-17-12-9(3-2-5-15-12)11(16)8-4-6-14-7-10(8)13/h2-7H,1H3. The Morgan fingerprint density at radius 2 is 2.12 bits per heavy atom. The van der Waals surface area contributed by atoms with Crippen LogP contribution in [0.3, 0.4) is 0 Å². The van der Waals surface area contributed by atoms with Gasteiger partial charge in [-0.05, 0) is 18.2 Å². The molecule has 2 rings (SSSR count). The monoisotopic (exact) mass is 232 g/mol. The highest BCUT2D eigenvalue weighted by Crippen LogP contribution is 2.19. The highest BCUT2D eigenvalue weighted by Gasteiger charge is 2.18. The van der Waals surface area contributed by atoms with Crippen LogP contribution < -0.4 is 4.74 Å². The Labute approximate surface area is 97.1 Å². The second-order valence-corrected chi connectivity index (χ2v) is 3.24. The zero-order valence-electron chi connectivity index (χ0n) is 9.05. The lowest BCUT2D eigenvalue weighted by atomic mass is 10.1. The predicted molar refractivity (Wildman–Crippen MR) is 58.4 cm³/mol. The first-order valence-electron chi connectivity index (χ1n) is 4.87. The van der Waals surface area contributed by atoms with Gasteiger partial charge in [-0.15, -0.1) is 0 Å². The fourth-order valence-electron chi connectivity index (χ4n) is 1.43. The van der Waals surface area contributed by atoms with E-state index in [1.807, 2.05) is 0 Å². The Balaban J connectivity index is 2.48. The highest BCUT2D eigenvalue weighted by atomic mass is 19.1. The van der Waals surface area contributed by atoms with Crippen molar-refractivity contribution in [1.29, 1.82) is 0 Å². The molecule has 17 heavy (non-hydrogen) atoms. The maximum atomic E-state index is 13.4. The quantitative estimate of drug-likeness (QED) is 0.758. The van der Waals surface area contributed by atoms with E-state index in [0.717, 1.165) is 6.20 Å². The number of carbonyl (C=O) groups excluding carboxylic acids is 1. The largest absolute Gasteiger partial charge is 0.480 e. The zero-order valence-corrected chi connectivity index (χ0v) is 9.05. The molecule has 5 heteroatoms. The van der Waals surface area contributed by atoms with Crippen molar-refractivity contribution in [2.24, 2.45) is 0 Å². The summed E-state index contributed by atoms with van der Waals surface area (Å²) in [6, 6.07) is 4.45. The van der Waals surface area contributed by atoms with E-state index in [-0.39, 0.29) is 17.0 Å². The van der Waals surface area contributed by atoms with Crippen molar-refractivity contribution in [3.05, 3.63) is 53.7 Å². The maximum Gasteiger partial charge on any atom is 0.224 e. The van der Waals surface area contributed by atoms with Gasteiger partial charge in [-0.2, -0.15) is 0 Å². The lowest BCUT2D eigenvalue weighted by Gasteiger charge is -2.06. The van der Waals surface area contributed by atoms with E-state index in [2.05, 4.69) is 9.97 Å². The van der Waals surface area contributed by atoms with Gasteiger partial charge in [0.05, 0.1) is 24.4 Å². The molecule has 2 aromatic rings. The molecule has 0 saturated carbocycles. The molecule has 0 atom stereocenters. The van der Waals surface area contributed by atoms with Crippen LogP contribution in [0, 0.1) is 5.82 Å². The Morgan fingerprint density at radius 1 is 1.29 bits per heavy atom. The van der Waals surface area contributed by atoms with Crippen LogP contribution in [0.15, 0.2) is 36.8 Å². The fraction of sp³-hybridized carbons (Fsp3) is 0.0833. The third-order valence-corrected chi connectivity index (χ3v) is 2.23. The molecular weight excluding hydrogens is 223 g/mol. The van der Waals surface area contributed by atoms with Crippen LogP contribution in [-0.4, -0.2) is 22.9 Å². The molecule has 0 radical (unpaired) electrons. The molecule has 0 spiro atoms. The van der Waals surface area contributed by atoms with E-state index in [1.54, 1.807) is 6.07 Å². The molecule has 0 aliphatic heterocycles. The van der Waals surface area contributed by atoms with Crippen LogP contribution in [0.25, 0.3) is 0 Å². The molecule has 0 aliphatic carbocycles. The highest BCUT2D eigenvalue weighted by molar-refractivity contribution is 6.10. The summed E-state index contributed by atoms with van der Waals surface area (Å²) in [4.78, 5) is 19.5. The van der Waals surface area contributed by atoms with Gasteiger partial charge in [-0.25, -0.2) is 9.37 Å². The van der Waals surface area contributed by atoms with Gasteiger partial charge in [0.2, 0.25) is 11.7 Å². The van der Waals surface area contributed by atoms with Gasteiger partial charge in [0.15, 0.2) is 5.82 Å². The second-order valence-electron chi connectivity index (χ2n) is 3.24. The van der Waals surface area contributed by atoms with E-state index < -0.39 is 11.6 Å². The molecule has 0 unspecified atom stereocenters. The first-order valence-corrected chi connectivity index (χ1v) is 4.87. The van der Waals surface area contributed by atoms with Gasteiger partial charge in [0.25, 0.3) is 0 Å². The summed E-state index contributed by atoms with van der Waals surface area (Å²) in [6.45, 7) is 0. The number of nitrogens with zero attached hydrogens (tertiary/aromatic N) is 2. The van der Waals surface area contributed by atoms with Crippen molar-refractivity contribution in [2.75, 3.05) is 7.11 Å². The number of methoxy groups -OCH3 is 1. The number of hydrogen-bond acceptors (Lipinski definition) is 4. The van der Waals surface area contributed by atoms with Crippen LogP contribution >= 0.6 is 0 Å². The lowest BCUT2D eigenvalue weighted by Crippen LogP contribution is -2.07. The number of ether oxygens (including phenoxy) is 1. The SMILES string of the molecule is COc1ncccc1C(=O)c1ccncc1F. The molecule has 86 valence electrons. The van der Waals surface area contributed by atoms with Gasteiger partial charge in [0, 0.05) is 12.4 Å². The molecule has 0 amide bonds. The Morgan fingerprint density at radius 3 is 2.82 bits per heavy atom. The topological polar surface area (TPSA) is 52.1 Å². The number of pyridine rings is 2. The number of hydrogen-bond donors (Lipinski definition) is 0. The summed E-state index contributed by atoms with van der Waals surface area (Å²) >= 11 is 0. The first-order chi connectivity index (χ1) is 8.24. The Kier molecular flexibility index (Phi) is 3.09. The van der Waals surface area contributed by atoms with Crippen molar-refractivity contribution in [3.63, 3.8) is 0 Å². The van der Waals surface area contributed by atoms with E-state index in [0.29, 0.717) is 0 Å². The molecule has 2 aromatic heterocycles. The van der Waals surface area contributed by atoms with E-state index in [1.165, 1.54) is 31.6 Å². The average molecular weight is 232 g/mol. The minimum absolute atomic E-state index is 0.0497. The molecule has 0 N–H and O–H groups in total. The van der Waals surface area contributed by atoms with Crippen LogP contribution in [0.4, 0.5) is 4.39 Å². The predicted octanol–water partition coefficient (Wildman–Crippen LogP) is 1.86. The Hall–Kier alpha value is -2.30. The molecule has 0 aromatic carbocycles. The van der Waals surface area contributed by atoms with Crippen molar-refractivity contribution in [1.82, 2.24) is 9.97 Å². The van der Waals surface area contributed by atoms with Crippen LogP contribution in [-0.2, 0) is 0 Å². The number of ketones is 1. The third kappa shape index (κ3) is 2.13. The number of carbonyl (C=O) groups is 1. The van der Waals surface area contributed by atoms with Crippen LogP contribution in [0.1, 0.15) is 15.9 Å². The van der Waals surface area contributed by atoms with Crippen molar-refractivity contribution >= 4 is 5.78 Å². The summed E-state index contributed by atoms with van der Waals surface area (Å²) in [5.74, 6) is -0.966. The molecule has 0 fully saturated rings. The van der Waals surface area contributed by atoms with E-state index in [9.17, 15) is 9.18 Å². The number of rotatable bonds is 3. The summed E-state index contributed by atoms with van der Waals surface area (Å²) in [7, 11) is 1.40. The van der Waals surface area contributed by atoms with E-state index in [4.69, 9.17) is 4.74 Å². The summed E-state index contributed by atoms with van der Waals surface area (Å²) in [5.41, 5.74) is 0.173. The summed E-state index contributed by atoms with van der Waals surface area (Å²) in [6.07, 6.45) is 3.85. The van der Waals surface area contributed by atoms with Gasteiger partial charge in [-0.1, -0.05) is 0 Å². The smallest absolute Gasteiger partial charge is 0.224 e. The van der Waals surface area contributed by atoms with Gasteiger partial charge in [-0.3, -0.25) is 9.78 Å². The fourth-order valence-corrected chi connectivity index (χ4v) is 1.43. The molecular formula is C12H9FN2O2. The molecule has 0 bridgehead atoms. The minimum atomic E-state index is -0.664. The zero-order chi connectivity index (χ0) is 12.3. The van der Waals surface area contributed by atoms with E-state index >= 15 is 0 Å². The van der Waals surface area contributed by atoms with Crippen LogP contribution in [0.5, 0.6) is 5.88 Å². The lowest BCUT2D eigenvalue weighted by molar-refractivity contribution is 0.103. The normalized spacial score (nSPS) is 10.0. The van der Waals surface area contributed by atoms with Gasteiger partial charge in [0.1, 0.15) is 0 Å². The van der Waals surface area contributed by atoms with Crippen LogP contribution in [0.2, 0.25) is 0 Å². The Bertz CT molecular complexity index is 558. The second kappa shape index (κ2) is 4.69. The number of halogens is 1. The van der Waals surface area contributed by atoms with Crippen molar-refractivity contribution in [3.8, 4) is 5.88 Å². The maximum absolute atomic E-state index is 13.4. The average Bonchev–Trinajstić information content (AvgIpc) is 2.38. The van der Waals surface area contributed by atoms with Gasteiger partial charge < -0.3 is 4.74 Å². The van der Waals surface area contributed by atoms with Gasteiger partial charge >= 0.3 is 0 Å². The summed E-state index contributed by atoms with van der Waals surface area (Å²) in [5, 5.41) is 0. The minimum Gasteiger partial charge on any atom is -0.480 e. The molecule has 4 nitrogen and oxygen atoms in total. The number of aromatic nitrogens is 2.